The third-order valence-electron chi connectivity index (χ3n) is 2.52. The van der Waals surface area contributed by atoms with Crippen LogP contribution in [0.3, 0.4) is 0 Å². The Morgan fingerprint density at radius 3 is 3.05 bits per heavy atom. The summed E-state index contributed by atoms with van der Waals surface area (Å²) in [6.45, 7) is 0.401. The van der Waals surface area contributed by atoms with Gasteiger partial charge in [-0.1, -0.05) is 17.7 Å². The van der Waals surface area contributed by atoms with E-state index in [2.05, 4.69) is 31.2 Å². The van der Waals surface area contributed by atoms with Crippen LogP contribution in [0.4, 0.5) is 5.82 Å². The summed E-state index contributed by atoms with van der Waals surface area (Å²) in [4.78, 5) is 17.9. The van der Waals surface area contributed by atoms with Crippen LogP contribution in [0.2, 0.25) is 5.02 Å². The van der Waals surface area contributed by atoms with Crippen LogP contribution >= 0.6 is 27.5 Å². The second kappa shape index (κ2) is 6.08. The summed E-state index contributed by atoms with van der Waals surface area (Å²) >= 11 is 9.30. The van der Waals surface area contributed by atoms with Crippen molar-refractivity contribution in [3.05, 3.63) is 49.9 Å². The molecule has 5 nitrogen and oxygen atoms in total. The molecule has 1 aromatic heterocycles. The zero-order valence-corrected chi connectivity index (χ0v) is 12.4. The van der Waals surface area contributed by atoms with Crippen LogP contribution < -0.4 is 15.6 Å². The minimum absolute atomic E-state index is 0.247. The van der Waals surface area contributed by atoms with Gasteiger partial charge >= 0.3 is 0 Å². The summed E-state index contributed by atoms with van der Waals surface area (Å²) in [7, 11) is 1.58. The maximum Gasteiger partial charge on any atom is 0.267 e. The first-order valence-corrected chi connectivity index (χ1v) is 6.59. The van der Waals surface area contributed by atoms with Gasteiger partial charge in [-0.2, -0.15) is 0 Å². The molecule has 0 radical (unpaired) electrons. The lowest BCUT2D eigenvalue weighted by Crippen LogP contribution is -2.12. The van der Waals surface area contributed by atoms with Crippen LogP contribution in [0.25, 0.3) is 0 Å². The fourth-order valence-corrected chi connectivity index (χ4v) is 2.17. The van der Waals surface area contributed by atoms with Gasteiger partial charge in [-0.05, 0) is 28.1 Å². The Labute approximate surface area is 123 Å². The molecule has 0 amide bonds. The molecule has 7 heteroatoms. The van der Waals surface area contributed by atoms with Crippen molar-refractivity contribution >= 4 is 33.3 Å². The molecule has 0 fully saturated rings. The van der Waals surface area contributed by atoms with Crippen LogP contribution in [-0.4, -0.2) is 17.1 Å². The number of aromatic nitrogens is 2. The summed E-state index contributed by atoms with van der Waals surface area (Å²) in [6.07, 6.45) is 1.33. The molecule has 100 valence electrons. The highest BCUT2D eigenvalue weighted by Gasteiger charge is 2.10. The quantitative estimate of drug-likeness (QED) is 0.895. The summed E-state index contributed by atoms with van der Waals surface area (Å²) in [5.41, 5.74) is 0.560. The summed E-state index contributed by atoms with van der Waals surface area (Å²) < 4.78 is 5.59. The van der Waals surface area contributed by atoms with E-state index in [0.29, 0.717) is 27.6 Å². The number of methoxy groups -OCH3 is 1. The smallest absolute Gasteiger partial charge is 0.267 e. The van der Waals surface area contributed by atoms with Gasteiger partial charge in [0.1, 0.15) is 16.0 Å². The molecule has 0 atom stereocenters. The highest BCUT2D eigenvalue weighted by molar-refractivity contribution is 9.10. The van der Waals surface area contributed by atoms with Crippen LogP contribution in [0.5, 0.6) is 5.75 Å². The molecule has 0 saturated carbocycles. The Hall–Kier alpha value is -1.53. The number of nitrogens with zero attached hydrogens (tertiary/aromatic N) is 1. The number of aromatic amines is 1. The summed E-state index contributed by atoms with van der Waals surface area (Å²) in [6, 6.07) is 5.41. The molecule has 0 aliphatic carbocycles. The normalized spacial score (nSPS) is 10.3. The SMILES string of the molecule is COc1cccc(Cl)c1CNc1nc[nH]c(=O)c1Br. The van der Waals surface area contributed by atoms with Crippen molar-refractivity contribution in [2.24, 2.45) is 0 Å². The van der Waals surface area contributed by atoms with E-state index in [9.17, 15) is 4.79 Å². The van der Waals surface area contributed by atoms with Gasteiger partial charge in [0.2, 0.25) is 0 Å². The number of hydrogen-bond donors (Lipinski definition) is 2. The average Bonchev–Trinajstić information content (AvgIpc) is 2.41. The van der Waals surface area contributed by atoms with E-state index in [-0.39, 0.29) is 5.56 Å². The van der Waals surface area contributed by atoms with Gasteiger partial charge in [-0.3, -0.25) is 4.79 Å². The van der Waals surface area contributed by atoms with Crippen LogP contribution in [-0.2, 0) is 6.54 Å². The number of H-pyrrole nitrogens is 1. The maximum atomic E-state index is 11.4. The van der Waals surface area contributed by atoms with Crippen molar-refractivity contribution in [2.75, 3.05) is 12.4 Å². The number of nitrogens with one attached hydrogen (secondary N) is 2. The second-order valence-electron chi connectivity index (χ2n) is 3.67. The van der Waals surface area contributed by atoms with Gasteiger partial charge in [0.25, 0.3) is 5.56 Å². The lowest BCUT2D eigenvalue weighted by molar-refractivity contribution is 0.410. The van der Waals surface area contributed by atoms with Crippen LogP contribution in [0, 0.1) is 0 Å². The highest BCUT2D eigenvalue weighted by atomic mass is 79.9. The van der Waals surface area contributed by atoms with E-state index in [1.165, 1.54) is 6.33 Å². The molecular formula is C12H11BrClN3O2. The molecule has 2 rings (SSSR count). The monoisotopic (exact) mass is 343 g/mol. The van der Waals surface area contributed by atoms with Gasteiger partial charge in [-0.15, -0.1) is 0 Å². The standard InChI is InChI=1S/C12H11BrClN3O2/c1-19-9-4-2-3-8(14)7(9)5-15-11-10(13)12(18)17-6-16-11/h2-4,6H,5H2,1H3,(H2,15,16,17,18). The van der Waals surface area contributed by atoms with Crippen molar-refractivity contribution in [2.45, 2.75) is 6.54 Å². The van der Waals surface area contributed by atoms with Gasteiger partial charge < -0.3 is 15.0 Å². The molecule has 19 heavy (non-hydrogen) atoms. The zero-order valence-electron chi connectivity index (χ0n) is 10.0. The third kappa shape index (κ3) is 3.08. The summed E-state index contributed by atoms with van der Waals surface area (Å²) in [5.74, 6) is 1.13. The number of halogens is 2. The van der Waals surface area contributed by atoms with Crippen LogP contribution in [0.15, 0.2) is 33.8 Å². The Balaban J connectivity index is 2.24. The van der Waals surface area contributed by atoms with E-state index in [1.54, 1.807) is 13.2 Å². The first-order valence-electron chi connectivity index (χ1n) is 5.42. The Morgan fingerprint density at radius 2 is 2.32 bits per heavy atom. The van der Waals surface area contributed by atoms with E-state index >= 15 is 0 Å². The first-order chi connectivity index (χ1) is 9.13. The Bertz CT molecular complexity index is 645. The van der Waals surface area contributed by atoms with Crippen molar-refractivity contribution in [1.29, 1.82) is 0 Å². The lowest BCUT2D eigenvalue weighted by Gasteiger charge is -2.12. The number of ether oxygens (including phenoxy) is 1. The molecule has 0 spiro atoms. The van der Waals surface area contributed by atoms with Crippen molar-refractivity contribution in [3.8, 4) is 5.75 Å². The third-order valence-corrected chi connectivity index (χ3v) is 3.61. The van der Waals surface area contributed by atoms with Crippen molar-refractivity contribution in [3.63, 3.8) is 0 Å². The molecule has 0 bridgehead atoms. The first kappa shape index (κ1) is 13.9. The van der Waals surface area contributed by atoms with Gasteiger partial charge in [-0.25, -0.2) is 4.98 Å². The van der Waals surface area contributed by atoms with Crippen LogP contribution in [0.1, 0.15) is 5.56 Å². The van der Waals surface area contributed by atoms with Crippen molar-refractivity contribution < 1.29 is 4.74 Å². The Morgan fingerprint density at radius 1 is 1.53 bits per heavy atom. The molecule has 1 heterocycles. The predicted octanol–water partition coefficient (Wildman–Crippen LogP) is 2.81. The average molecular weight is 345 g/mol. The number of benzene rings is 1. The lowest BCUT2D eigenvalue weighted by atomic mass is 10.2. The minimum atomic E-state index is -0.247. The molecule has 2 aromatic rings. The highest BCUT2D eigenvalue weighted by Crippen LogP contribution is 2.27. The second-order valence-corrected chi connectivity index (χ2v) is 4.87. The molecule has 1 aromatic carbocycles. The van der Waals surface area contributed by atoms with E-state index in [0.717, 1.165) is 5.56 Å². The fourth-order valence-electron chi connectivity index (χ4n) is 1.58. The Kier molecular flexibility index (Phi) is 4.44. The van der Waals surface area contributed by atoms with Gasteiger partial charge in [0, 0.05) is 17.1 Å². The van der Waals surface area contributed by atoms with Gasteiger partial charge in [0.15, 0.2) is 0 Å². The molecule has 0 unspecified atom stereocenters. The van der Waals surface area contributed by atoms with Crippen molar-refractivity contribution in [1.82, 2.24) is 9.97 Å². The fraction of sp³-hybridized carbons (Fsp3) is 0.167. The van der Waals surface area contributed by atoms with E-state index < -0.39 is 0 Å². The molecule has 0 aliphatic rings. The van der Waals surface area contributed by atoms with E-state index in [1.807, 2.05) is 12.1 Å². The number of anilines is 1. The topological polar surface area (TPSA) is 67.0 Å². The predicted molar refractivity (Wildman–Crippen MR) is 77.9 cm³/mol. The molecule has 2 N–H and O–H groups in total. The number of rotatable bonds is 4. The van der Waals surface area contributed by atoms with Gasteiger partial charge in [0.05, 0.1) is 13.4 Å². The molecule has 0 aliphatic heterocycles. The minimum Gasteiger partial charge on any atom is -0.496 e. The number of hydrogen-bond acceptors (Lipinski definition) is 4. The molecule has 0 saturated heterocycles. The van der Waals surface area contributed by atoms with E-state index in [4.69, 9.17) is 16.3 Å². The summed E-state index contributed by atoms with van der Waals surface area (Å²) in [5, 5.41) is 3.63. The zero-order chi connectivity index (χ0) is 13.8. The largest absolute Gasteiger partial charge is 0.496 e. The molecular weight excluding hydrogens is 334 g/mol. The maximum absolute atomic E-state index is 11.4.